The summed E-state index contributed by atoms with van der Waals surface area (Å²) in [7, 11) is 1.66. The molecule has 1 N–H and O–H groups in total. The molecule has 2 aromatic carbocycles. The number of hydrogen-bond donors (Lipinski definition) is 1. The average Bonchev–Trinajstić information content (AvgIpc) is 2.56. The quantitative estimate of drug-likeness (QED) is 0.941. The summed E-state index contributed by atoms with van der Waals surface area (Å²) in [5.41, 5.74) is 1.51. The van der Waals surface area contributed by atoms with Crippen LogP contribution in [0.5, 0.6) is 5.75 Å². The molecule has 0 saturated carbocycles. The van der Waals surface area contributed by atoms with E-state index in [0.717, 1.165) is 37.2 Å². The van der Waals surface area contributed by atoms with Crippen molar-refractivity contribution in [3.8, 4) is 5.75 Å². The Bertz CT molecular complexity index is 597. The second-order valence-electron chi connectivity index (χ2n) is 6.06. The molecule has 0 amide bonds. The summed E-state index contributed by atoms with van der Waals surface area (Å²) in [5, 5.41) is 11.1. The van der Waals surface area contributed by atoms with Gasteiger partial charge in [-0.2, -0.15) is 0 Å². The summed E-state index contributed by atoms with van der Waals surface area (Å²) in [6.45, 7) is 2.60. The van der Waals surface area contributed by atoms with Gasteiger partial charge < -0.3 is 9.84 Å². The molecule has 0 aromatic heterocycles. The Balaban J connectivity index is 1.73. The highest BCUT2D eigenvalue weighted by Gasteiger charge is 2.34. The highest BCUT2D eigenvalue weighted by molar-refractivity contribution is 5.31. The van der Waals surface area contributed by atoms with Crippen molar-refractivity contribution in [3.05, 3.63) is 65.7 Å². The molecule has 1 fully saturated rings. The van der Waals surface area contributed by atoms with Crippen molar-refractivity contribution in [1.82, 2.24) is 4.90 Å². The lowest BCUT2D eigenvalue weighted by Gasteiger charge is -2.39. The van der Waals surface area contributed by atoms with Gasteiger partial charge in [-0.05, 0) is 42.6 Å². The van der Waals surface area contributed by atoms with E-state index in [1.807, 2.05) is 30.3 Å². The third-order valence-electron chi connectivity index (χ3n) is 4.43. The van der Waals surface area contributed by atoms with Crippen molar-refractivity contribution in [2.45, 2.75) is 25.0 Å². The molecule has 1 aliphatic rings. The zero-order chi connectivity index (χ0) is 15.4. The number of piperidine rings is 1. The second kappa shape index (κ2) is 6.51. The topological polar surface area (TPSA) is 32.7 Å². The molecule has 116 valence electrons. The van der Waals surface area contributed by atoms with E-state index < -0.39 is 5.60 Å². The summed E-state index contributed by atoms with van der Waals surface area (Å²) < 4.78 is 5.20. The molecule has 0 spiro atoms. The molecule has 1 saturated heterocycles. The van der Waals surface area contributed by atoms with E-state index in [2.05, 4.69) is 29.2 Å². The fourth-order valence-electron chi connectivity index (χ4n) is 3.24. The minimum atomic E-state index is -0.765. The molecule has 0 unspecified atom stereocenters. The van der Waals surface area contributed by atoms with Crippen molar-refractivity contribution < 1.29 is 9.84 Å². The zero-order valence-corrected chi connectivity index (χ0v) is 13.0. The van der Waals surface area contributed by atoms with Crippen LogP contribution in [0.1, 0.15) is 24.0 Å². The number of hydrogen-bond acceptors (Lipinski definition) is 3. The SMILES string of the molecule is COc1ccc([C@@]2(O)CCCN(Cc3ccccc3)C2)cc1. The monoisotopic (exact) mass is 297 g/mol. The van der Waals surface area contributed by atoms with Crippen LogP contribution >= 0.6 is 0 Å². The van der Waals surface area contributed by atoms with Crippen molar-refractivity contribution in [1.29, 1.82) is 0 Å². The molecular formula is C19H23NO2. The molecule has 0 aliphatic carbocycles. The summed E-state index contributed by atoms with van der Waals surface area (Å²) >= 11 is 0. The van der Waals surface area contributed by atoms with E-state index in [0.29, 0.717) is 6.54 Å². The molecule has 3 rings (SSSR count). The van der Waals surface area contributed by atoms with Crippen LogP contribution in [0.3, 0.4) is 0 Å². The van der Waals surface area contributed by atoms with Gasteiger partial charge in [-0.3, -0.25) is 4.90 Å². The van der Waals surface area contributed by atoms with Crippen molar-refractivity contribution in [3.63, 3.8) is 0 Å². The number of aliphatic hydroxyl groups is 1. The van der Waals surface area contributed by atoms with Gasteiger partial charge in [0.15, 0.2) is 0 Å². The van der Waals surface area contributed by atoms with Crippen LogP contribution in [-0.2, 0) is 12.1 Å². The van der Waals surface area contributed by atoms with Crippen LogP contribution in [0.15, 0.2) is 54.6 Å². The van der Waals surface area contributed by atoms with Crippen LogP contribution in [0.4, 0.5) is 0 Å². The van der Waals surface area contributed by atoms with Gasteiger partial charge in [-0.25, -0.2) is 0 Å². The van der Waals surface area contributed by atoms with Gasteiger partial charge in [-0.15, -0.1) is 0 Å². The van der Waals surface area contributed by atoms with Gasteiger partial charge in [0.2, 0.25) is 0 Å². The zero-order valence-electron chi connectivity index (χ0n) is 13.0. The molecular weight excluding hydrogens is 274 g/mol. The normalized spacial score (nSPS) is 22.5. The van der Waals surface area contributed by atoms with Gasteiger partial charge in [0.1, 0.15) is 11.4 Å². The third-order valence-corrected chi connectivity index (χ3v) is 4.43. The molecule has 0 radical (unpaired) electrons. The maximum atomic E-state index is 11.1. The summed E-state index contributed by atoms with van der Waals surface area (Å²) in [6.07, 6.45) is 1.82. The first-order chi connectivity index (χ1) is 10.7. The van der Waals surface area contributed by atoms with Crippen LogP contribution < -0.4 is 4.74 Å². The number of likely N-dealkylation sites (tertiary alicyclic amines) is 1. The van der Waals surface area contributed by atoms with Crippen LogP contribution in [0, 0.1) is 0 Å². The van der Waals surface area contributed by atoms with E-state index in [9.17, 15) is 5.11 Å². The summed E-state index contributed by atoms with van der Waals surface area (Å²) in [6, 6.07) is 18.2. The number of β-amino-alcohol motifs (C(OH)–C–C–N with tert-alkyl or cyclic N) is 1. The fraction of sp³-hybridized carbons (Fsp3) is 0.368. The van der Waals surface area contributed by atoms with E-state index in [1.165, 1.54) is 5.56 Å². The molecule has 2 aromatic rings. The van der Waals surface area contributed by atoms with E-state index in [4.69, 9.17) is 4.74 Å². The Morgan fingerprint density at radius 3 is 2.50 bits per heavy atom. The van der Waals surface area contributed by atoms with Gasteiger partial charge in [-0.1, -0.05) is 42.5 Å². The Kier molecular flexibility index (Phi) is 4.46. The standard InChI is InChI=1S/C19H23NO2/c1-22-18-10-8-17(9-11-18)19(21)12-5-13-20(15-19)14-16-6-3-2-4-7-16/h2-4,6-11,21H,5,12-15H2,1H3/t19-/m1/s1. The van der Waals surface area contributed by atoms with Crippen LogP contribution in [-0.4, -0.2) is 30.2 Å². The number of nitrogens with zero attached hydrogens (tertiary/aromatic N) is 1. The van der Waals surface area contributed by atoms with Crippen molar-refractivity contribution in [2.75, 3.05) is 20.2 Å². The average molecular weight is 297 g/mol. The Morgan fingerprint density at radius 2 is 1.82 bits per heavy atom. The highest BCUT2D eigenvalue weighted by Crippen LogP contribution is 2.33. The third kappa shape index (κ3) is 3.32. The summed E-state index contributed by atoms with van der Waals surface area (Å²) in [4.78, 5) is 2.34. The maximum Gasteiger partial charge on any atom is 0.118 e. The largest absolute Gasteiger partial charge is 0.497 e. The molecule has 3 heteroatoms. The van der Waals surface area contributed by atoms with Crippen LogP contribution in [0.25, 0.3) is 0 Å². The van der Waals surface area contributed by atoms with Crippen LogP contribution in [0.2, 0.25) is 0 Å². The van der Waals surface area contributed by atoms with E-state index in [1.54, 1.807) is 7.11 Å². The highest BCUT2D eigenvalue weighted by atomic mass is 16.5. The number of rotatable bonds is 4. The predicted molar refractivity (Wildman–Crippen MR) is 87.8 cm³/mol. The van der Waals surface area contributed by atoms with Gasteiger partial charge in [0.05, 0.1) is 7.11 Å². The van der Waals surface area contributed by atoms with Crippen molar-refractivity contribution >= 4 is 0 Å². The Hall–Kier alpha value is -1.84. The Labute approximate surface area is 132 Å². The lowest BCUT2D eigenvalue weighted by molar-refractivity contribution is -0.0381. The molecule has 1 atom stereocenters. The molecule has 1 heterocycles. The van der Waals surface area contributed by atoms with Gasteiger partial charge >= 0.3 is 0 Å². The predicted octanol–water partition coefficient (Wildman–Crippen LogP) is 3.18. The number of benzene rings is 2. The number of ether oxygens (including phenoxy) is 1. The fourth-order valence-corrected chi connectivity index (χ4v) is 3.24. The molecule has 22 heavy (non-hydrogen) atoms. The van der Waals surface area contributed by atoms with Gasteiger partial charge in [0.25, 0.3) is 0 Å². The maximum absolute atomic E-state index is 11.1. The van der Waals surface area contributed by atoms with E-state index >= 15 is 0 Å². The lowest BCUT2D eigenvalue weighted by atomic mass is 9.85. The number of methoxy groups -OCH3 is 1. The second-order valence-corrected chi connectivity index (χ2v) is 6.06. The molecule has 3 nitrogen and oxygen atoms in total. The minimum absolute atomic E-state index is 0.675. The molecule has 1 aliphatic heterocycles. The first-order valence-electron chi connectivity index (χ1n) is 7.83. The first kappa shape index (κ1) is 15.1. The lowest BCUT2D eigenvalue weighted by Crippen LogP contribution is -2.45. The van der Waals surface area contributed by atoms with E-state index in [-0.39, 0.29) is 0 Å². The smallest absolute Gasteiger partial charge is 0.118 e. The first-order valence-corrected chi connectivity index (χ1v) is 7.83. The Morgan fingerprint density at radius 1 is 1.09 bits per heavy atom. The van der Waals surface area contributed by atoms with Gasteiger partial charge in [0, 0.05) is 13.1 Å². The van der Waals surface area contributed by atoms with Crippen molar-refractivity contribution in [2.24, 2.45) is 0 Å². The minimum Gasteiger partial charge on any atom is -0.497 e. The summed E-state index contributed by atoms with van der Waals surface area (Å²) in [5.74, 6) is 0.823. The molecule has 0 bridgehead atoms.